The lowest BCUT2D eigenvalue weighted by molar-refractivity contribution is 0.587. The molecule has 0 aliphatic heterocycles. The van der Waals surface area contributed by atoms with Crippen LogP contribution in [0.3, 0.4) is 0 Å². The van der Waals surface area contributed by atoms with Gasteiger partial charge in [-0.15, -0.1) is 0 Å². The van der Waals surface area contributed by atoms with Crippen molar-refractivity contribution in [3.8, 4) is 0 Å². The summed E-state index contributed by atoms with van der Waals surface area (Å²) in [4.78, 5) is 2.37. The SMILES string of the molecule is CC(C)NCc1ccc(Sc2cnn(C)c2)cc1Br. The Hall–Kier alpha value is -0.780. The molecular weight excluding hydrogens is 322 g/mol. The Labute approximate surface area is 126 Å². The van der Waals surface area contributed by atoms with Crippen molar-refractivity contribution >= 4 is 27.7 Å². The first-order chi connectivity index (χ1) is 9.04. The van der Waals surface area contributed by atoms with Crippen molar-refractivity contribution in [1.82, 2.24) is 15.1 Å². The molecule has 0 saturated carbocycles. The summed E-state index contributed by atoms with van der Waals surface area (Å²) in [6, 6.07) is 6.98. The molecule has 0 fully saturated rings. The second-order valence-corrected chi connectivity index (χ2v) is 6.74. The molecule has 0 spiro atoms. The molecule has 2 rings (SSSR count). The smallest absolute Gasteiger partial charge is 0.0629 e. The summed E-state index contributed by atoms with van der Waals surface area (Å²) >= 11 is 5.36. The summed E-state index contributed by atoms with van der Waals surface area (Å²) < 4.78 is 2.97. The molecule has 0 amide bonds. The van der Waals surface area contributed by atoms with Crippen LogP contribution in [0.4, 0.5) is 0 Å². The number of aryl methyl sites for hydroxylation is 1. The third-order valence-corrected chi connectivity index (χ3v) is 4.32. The third kappa shape index (κ3) is 4.37. The fourth-order valence-corrected chi connectivity index (χ4v) is 3.20. The number of aromatic nitrogens is 2. The zero-order valence-corrected chi connectivity index (χ0v) is 13.8. The first-order valence-corrected chi connectivity index (χ1v) is 7.84. The average Bonchev–Trinajstić information content (AvgIpc) is 2.73. The van der Waals surface area contributed by atoms with Crippen molar-refractivity contribution in [3.63, 3.8) is 0 Å². The highest BCUT2D eigenvalue weighted by molar-refractivity contribution is 9.10. The molecule has 102 valence electrons. The van der Waals surface area contributed by atoms with Crippen LogP contribution in [0.25, 0.3) is 0 Å². The lowest BCUT2D eigenvalue weighted by Crippen LogP contribution is -2.21. The highest BCUT2D eigenvalue weighted by Crippen LogP contribution is 2.30. The molecule has 0 aliphatic rings. The van der Waals surface area contributed by atoms with Crippen molar-refractivity contribution < 1.29 is 0 Å². The van der Waals surface area contributed by atoms with Gasteiger partial charge in [-0.25, -0.2) is 0 Å². The van der Waals surface area contributed by atoms with Crippen LogP contribution in [0, 0.1) is 0 Å². The van der Waals surface area contributed by atoms with Crippen molar-refractivity contribution in [3.05, 3.63) is 40.6 Å². The minimum Gasteiger partial charge on any atom is -0.310 e. The van der Waals surface area contributed by atoms with Gasteiger partial charge in [0.25, 0.3) is 0 Å². The third-order valence-electron chi connectivity index (χ3n) is 2.64. The fraction of sp³-hybridized carbons (Fsp3) is 0.357. The molecule has 1 N–H and O–H groups in total. The van der Waals surface area contributed by atoms with Gasteiger partial charge >= 0.3 is 0 Å². The van der Waals surface area contributed by atoms with Crippen molar-refractivity contribution in [2.45, 2.75) is 36.2 Å². The minimum absolute atomic E-state index is 0.497. The van der Waals surface area contributed by atoms with Gasteiger partial charge in [-0.3, -0.25) is 4.68 Å². The maximum atomic E-state index is 4.18. The number of hydrogen-bond donors (Lipinski definition) is 1. The van der Waals surface area contributed by atoms with Gasteiger partial charge < -0.3 is 5.32 Å². The van der Waals surface area contributed by atoms with Crippen LogP contribution >= 0.6 is 27.7 Å². The molecule has 3 nitrogen and oxygen atoms in total. The summed E-state index contributed by atoms with van der Waals surface area (Å²) in [6.45, 7) is 5.19. The van der Waals surface area contributed by atoms with Gasteiger partial charge in [0.1, 0.15) is 0 Å². The van der Waals surface area contributed by atoms with Crippen LogP contribution in [0.1, 0.15) is 19.4 Å². The Morgan fingerprint density at radius 3 is 2.74 bits per heavy atom. The zero-order valence-electron chi connectivity index (χ0n) is 11.4. The van der Waals surface area contributed by atoms with Crippen molar-refractivity contribution in [1.29, 1.82) is 0 Å². The molecular formula is C14H18BrN3S. The highest BCUT2D eigenvalue weighted by Gasteiger charge is 2.05. The first-order valence-electron chi connectivity index (χ1n) is 6.23. The van der Waals surface area contributed by atoms with Crippen LogP contribution in [0.5, 0.6) is 0 Å². The molecule has 1 heterocycles. The fourth-order valence-electron chi connectivity index (χ4n) is 1.64. The molecule has 0 radical (unpaired) electrons. The van der Waals surface area contributed by atoms with E-state index in [4.69, 9.17) is 0 Å². The maximum absolute atomic E-state index is 4.18. The van der Waals surface area contributed by atoms with E-state index in [0.29, 0.717) is 6.04 Å². The molecule has 0 atom stereocenters. The van der Waals surface area contributed by atoms with Crippen LogP contribution in [0.15, 0.2) is 44.9 Å². The van der Waals surface area contributed by atoms with Gasteiger partial charge in [0.05, 0.1) is 11.1 Å². The lowest BCUT2D eigenvalue weighted by Gasteiger charge is -2.10. The molecule has 0 saturated heterocycles. The summed E-state index contributed by atoms with van der Waals surface area (Å²) in [6.07, 6.45) is 3.90. The number of halogens is 1. The number of hydrogen-bond acceptors (Lipinski definition) is 3. The largest absolute Gasteiger partial charge is 0.310 e. The zero-order chi connectivity index (χ0) is 13.8. The van der Waals surface area contributed by atoms with Crippen LogP contribution in [-0.4, -0.2) is 15.8 Å². The van der Waals surface area contributed by atoms with E-state index in [0.717, 1.165) is 15.9 Å². The summed E-state index contributed by atoms with van der Waals surface area (Å²) in [5.74, 6) is 0. The Morgan fingerprint density at radius 2 is 2.16 bits per heavy atom. The minimum atomic E-state index is 0.497. The van der Waals surface area contributed by atoms with Gasteiger partial charge in [0, 0.05) is 35.2 Å². The normalized spacial score (nSPS) is 11.2. The Kier molecular flexibility index (Phi) is 5.07. The van der Waals surface area contributed by atoms with Gasteiger partial charge in [-0.05, 0) is 17.7 Å². The summed E-state index contributed by atoms with van der Waals surface area (Å²) in [5, 5.41) is 7.60. The van der Waals surface area contributed by atoms with E-state index in [9.17, 15) is 0 Å². The van der Waals surface area contributed by atoms with E-state index in [2.05, 4.69) is 58.4 Å². The maximum Gasteiger partial charge on any atom is 0.0629 e. The lowest BCUT2D eigenvalue weighted by atomic mass is 10.2. The summed E-state index contributed by atoms with van der Waals surface area (Å²) in [5.41, 5.74) is 1.28. The number of nitrogens with one attached hydrogen (secondary N) is 1. The molecule has 0 bridgehead atoms. The number of nitrogens with zero attached hydrogens (tertiary/aromatic N) is 2. The van der Waals surface area contributed by atoms with Crippen LogP contribution in [0.2, 0.25) is 0 Å². The van der Waals surface area contributed by atoms with E-state index >= 15 is 0 Å². The monoisotopic (exact) mass is 339 g/mol. The van der Waals surface area contributed by atoms with E-state index in [1.807, 2.05) is 24.1 Å². The predicted molar refractivity (Wildman–Crippen MR) is 83.4 cm³/mol. The van der Waals surface area contributed by atoms with Crippen LogP contribution < -0.4 is 5.32 Å². The Morgan fingerprint density at radius 1 is 1.37 bits per heavy atom. The van der Waals surface area contributed by atoms with Crippen LogP contribution in [-0.2, 0) is 13.6 Å². The predicted octanol–water partition coefficient (Wildman–Crippen LogP) is 3.83. The Bertz CT molecular complexity index is 551. The molecule has 0 unspecified atom stereocenters. The molecule has 19 heavy (non-hydrogen) atoms. The summed E-state index contributed by atoms with van der Waals surface area (Å²) in [7, 11) is 1.93. The standard InChI is InChI=1S/C14H18BrN3S/c1-10(2)16-7-11-4-5-12(6-14(11)15)19-13-8-17-18(3)9-13/h4-6,8-10,16H,7H2,1-3H3. The molecule has 1 aromatic heterocycles. The average molecular weight is 340 g/mol. The van der Waals surface area contributed by atoms with Crippen molar-refractivity contribution in [2.75, 3.05) is 0 Å². The number of rotatable bonds is 5. The van der Waals surface area contributed by atoms with Crippen molar-refractivity contribution in [2.24, 2.45) is 7.05 Å². The second-order valence-electron chi connectivity index (χ2n) is 4.74. The van der Waals surface area contributed by atoms with E-state index in [1.165, 1.54) is 10.5 Å². The van der Waals surface area contributed by atoms with Gasteiger partial charge in [-0.1, -0.05) is 47.6 Å². The molecule has 2 aromatic rings. The van der Waals surface area contributed by atoms with Gasteiger partial charge in [-0.2, -0.15) is 5.10 Å². The second kappa shape index (κ2) is 6.59. The topological polar surface area (TPSA) is 29.9 Å². The van der Waals surface area contributed by atoms with E-state index in [-0.39, 0.29) is 0 Å². The van der Waals surface area contributed by atoms with Gasteiger partial charge in [0.2, 0.25) is 0 Å². The Balaban J connectivity index is 2.06. The molecule has 1 aromatic carbocycles. The van der Waals surface area contributed by atoms with Gasteiger partial charge in [0.15, 0.2) is 0 Å². The number of benzene rings is 1. The quantitative estimate of drug-likeness (QED) is 0.897. The first kappa shape index (κ1) is 14.6. The molecule has 5 heteroatoms. The molecule has 0 aliphatic carbocycles. The highest BCUT2D eigenvalue weighted by atomic mass is 79.9. The van der Waals surface area contributed by atoms with E-state index < -0.39 is 0 Å². The van der Waals surface area contributed by atoms with E-state index in [1.54, 1.807) is 11.8 Å².